The number of unbranched alkanes of at least 4 members (excludes halogenated alkanes) is 11. The molecule has 126 valence electrons. The molecular weight excluding hydrogens is 268 g/mol. The molecular formula is C20H37N2+. The first kappa shape index (κ1) is 19.3. The molecule has 0 aromatic carbocycles. The standard InChI is InChI=1S/C20H37N2/c1-3-5-6-7-8-9-10-11-12-13-14-15-16-19(4-2)20-21-17-18-22-20/h17-19H,3-16H2,1-2H3/q+1. The smallest absolute Gasteiger partial charge is 0.0965 e. The van der Waals surface area contributed by atoms with Crippen LogP contribution in [0.15, 0.2) is 9.98 Å². The first-order chi connectivity index (χ1) is 10.9. The molecule has 1 unspecified atom stereocenters. The zero-order valence-electron chi connectivity index (χ0n) is 15.0. The van der Waals surface area contributed by atoms with Gasteiger partial charge in [0.15, 0.2) is 12.4 Å². The van der Waals surface area contributed by atoms with E-state index in [2.05, 4.69) is 23.8 Å². The van der Waals surface area contributed by atoms with Crippen LogP contribution in [-0.2, 0) is 0 Å². The summed E-state index contributed by atoms with van der Waals surface area (Å²) in [4.78, 5) is 8.70. The van der Waals surface area contributed by atoms with Crippen LogP contribution in [0.4, 0.5) is 0 Å². The van der Waals surface area contributed by atoms with E-state index in [1.165, 1.54) is 89.9 Å². The van der Waals surface area contributed by atoms with Gasteiger partial charge in [-0.2, -0.15) is 0 Å². The van der Waals surface area contributed by atoms with E-state index in [9.17, 15) is 0 Å². The summed E-state index contributed by atoms with van der Waals surface area (Å²) in [6.07, 6.45) is 24.2. The monoisotopic (exact) mass is 305 g/mol. The van der Waals surface area contributed by atoms with Gasteiger partial charge in [0.25, 0.3) is 0 Å². The molecule has 1 atom stereocenters. The Labute approximate surface area is 138 Å². The Kier molecular flexibility index (Phi) is 12.1. The Hall–Kier alpha value is -0.790. The van der Waals surface area contributed by atoms with E-state index in [1.807, 2.05) is 12.4 Å². The number of nitrogens with zero attached hydrogens (tertiary/aromatic N) is 2. The lowest BCUT2D eigenvalue weighted by Crippen LogP contribution is -2.06. The molecule has 0 aromatic rings. The van der Waals surface area contributed by atoms with Gasteiger partial charge in [0.05, 0.1) is 5.92 Å². The van der Waals surface area contributed by atoms with E-state index in [4.69, 9.17) is 0 Å². The quantitative estimate of drug-likeness (QED) is 0.236. The molecule has 1 rings (SSSR count). The van der Waals surface area contributed by atoms with Crippen molar-refractivity contribution in [1.82, 2.24) is 0 Å². The van der Waals surface area contributed by atoms with E-state index in [0.29, 0.717) is 5.92 Å². The summed E-state index contributed by atoms with van der Waals surface area (Å²) < 4.78 is 0. The van der Waals surface area contributed by atoms with E-state index < -0.39 is 0 Å². The molecule has 0 amide bonds. The maximum Gasteiger partial charge on any atom is 0.243 e. The highest BCUT2D eigenvalue weighted by Crippen LogP contribution is 2.27. The van der Waals surface area contributed by atoms with Crippen molar-refractivity contribution in [2.75, 3.05) is 0 Å². The highest BCUT2D eigenvalue weighted by Gasteiger charge is 2.26. The van der Waals surface area contributed by atoms with Crippen LogP contribution in [0.2, 0.25) is 0 Å². The van der Waals surface area contributed by atoms with Crippen molar-refractivity contribution in [3.63, 3.8) is 0 Å². The van der Waals surface area contributed by atoms with Crippen LogP contribution < -0.4 is 0 Å². The third kappa shape index (κ3) is 9.27. The normalized spacial score (nSPS) is 14.9. The van der Waals surface area contributed by atoms with Crippen molar-refractivity contribution in [2.45, 2.75) is 104 Å². The van der Waals surface area contributed by atoms with E-state index >= 15 is 0 Å². The average molecular weight is 306 g/mol. The van der Waals surface area contributed by atoms with Crippen LogP contribution in [-0.4, -0.2) is 12.4 Å². The summed E-state index contributed by atoms with van der Waals surface area (Å²) in [6, 6.07) is 0. The van der Waals surface area contributed by atoms with Crippen LogP contribution >= 0.6 is 0 Å². The van der Waals surface area contributed by atoms with Crippen molar-refractivity contribution in [1.29, 1.82) is 0 Å². The molecule has 0 fully saturated rings. The first-order valence-electron chi connectivity index (χ1n) is 9.82. The Balaban J connectivity index is 1.83. The van der Waals surface area contributed by atoms with E-state index in [0.717, 1.165) is 6.17 Å². The molecule has 2 nitrogen and oxygen atoms in total. The summed E-state index contributed by atoms with van der Waals surface area (Å²) >= 11 is 0. The molecule has 0 radical (unpaired) electrons. The Bertz CT molecular complexity index is 284. The fourth-order valence-electron chi connectivity index (χ4n) is 3.21. The third-order valence-electron chi connectivity index (χ3n) is 4.74. The molecule has 1 heterocycles. The lowest BCUT2D eigenvalue weighted by atomic mass is 9.95. The second-order valence-electron chi connectivity index (χ2n) is 6.70. The molecule has 22 heavy (non-hydrogen) atoms. The molecule has 0 saturated heterocycles. The molecule has 0 N–H and O–H groups in total. The summed E-state index contributed by atoms with van der Waals surface area (Å²) in [5, 5.41) is 0. The zero-order valence-corrected chi connectivity index (χ0v) is 15.0. The summed E-state index contributed by atoms with van der Waals surface area (Å²) in [7, 11) is 0. The lowest BCUT2D eigenvalue weighted by Gasteiger charge is -2.11. The molecule has 0 aromatic heterocycles. The van der Waals surface area contributed by atoms with Gasteiger partial charge >= 0.3 is 0 Å². The van der Waals surface area contributed by atoms with Gasteiger partial charge in [-0.3, -0.25) is 0 Å². The van der Waals surface area contributed by atoms with Crippen LogP contribution in [0.3, 0.4) is 0 Å². The van der Waals surface area contributed by atoms with Gasteiger partial charge in [-0.1, -0.05) is 101 Å². The van der Waals surface area contributed by atoms with Crippen molar-refractivity contribution in [2.24, 2.45) is 15.9 Å². The van der Waals surface area contributed by atoms with E-state index in [1.54, 1.807) is 0 Å². The molecule has 2 heteroatoms. The number of hydrogen-bond acceptors (Lipinski definition) is 2. The third-order valence-corrected chi connectivity index (χ3v) is 4.74. The molecule has 0 saturated carbocycles. The maximum absolute atomic E-state index is 4.35. The SMILES string of the molecule is CCCCCCCCCCCCCCC(CC)[C+]1N=CC=N1. The zero-order chi connectivity index (χ0) is 15.9. The van der Waals surface area contributed by atoms with Gasteiger partial charge in [0.1, 0.15) is 0 Å². The van der Waals surface area contributed by atoms with Gasteiger partial charge in [-0.05, 0) is 12.8 Å². The summed E-state index contributed by atoms with van der Waals surface area (Å²) in [6.45, 7) is 4.54. The first-order valence-corrected chi connectivity index (χ1v) is 9.82. The number of aliphatic imine (C=N–C) groups is 2. The Morgan fingerprint density at radius 3 is 1.59 bits per heavy atom. The lowest BCUT2D eigenvalue weighted by molar-refractivity contribution is 0.444. The largest absolute Gasteiger partial charge is 0.243 e. The fourth-order valence-corrected chi connectivity index (χ4v) is 3.21. The van der Waals surface area contributed by atoms with E-state index in [-0.39, 0.29) is 0 Å². The fraction of sp³-hybridized carbons (Fsp3) is 0.850. The van der Waals surface area contributed by atoms with Crippen molar-refractivity contribution in [3.8, 4) is 0 Å². The highest BCUT2D eigenvalue weighted by atomic mass is 15.0. The minimum Gasteiger partial charge on any atom is -0.0965 e. The molecule has 1 aliphatic rings. The van der Waals surface area contributed by atoms with Crippen molar-refractivity contribution >= 4 is 12.4 Å². The minimum atomic E-state index is 0.582. The van der Waals surface area contributed by atoms with Gasteiger partial charge < -0.3 is 0 Å². The van der Waals surface area contributed by atoms with Gasteiger partial charge in [-0.25, -0.2) is 0 Å². The number of rotatable bonds is 15. The Morgan fingerprint density at radius 1 is 0.682 bits per heavy atom. The Morgan fingerprint density at radius 2 is 1.14 bits per heavy atom. The highest BCUT2D eigenvalue weighted by molar-refractivity contribution is 6.18. The van der Waals surface area contributed by atoms with Crippen LogP contribution in [0, 0.1) is 12.1 Å². The van der Waals surface area contributed by atoms with Crippen molar-refractivity contribution in [3.05, 3.63) is 6.17 Å². The van der Waals surface area contributed by atoms with Gasteiger partial charge in [0.2, 0.25) is 6.17 Å². The second-order valence-corrected chi connectivity index (χ2v) is 6.70. The maximum atomic E-state index is 4.35. The summed E-state index contributed by atoms with van der Waals surface area (Å²) in [5.74, 6) is 0.582. The van der Waals surface area contributed by atoms with Gasteiger partial charge in [-0.15, -0.1) is 0 Å². The minimum absolute atomic E-state index is 0.582. The predicted molar refractivity (Wildman–Crippen MR) is 99.7 cm³/mol. The summed E-state index contributed by atoms with van der Waals surface area (Å²) in [5.41, 5.74) is 0. The molecule has 0 bridgehead atoms. The second kappa shape index (κ2) is 13.8. The van der Waals surface area contributed by atoms with Crippen LogP contribution in [0.5, 0.6) is 0 Å². The molecule has 0 spiro atoms. The predicted octanol–water partition coefficient (Wildman–Crippen LogP) is 6.75. The molecule has 1 aliphatic heterocycles. The van der Waals surface area contributed by atoms with Crippen LogP contribution in [0.25, 0.3) is 0 Å². The average Bonchev–Trinajstić information content (AvgIpc) is 3.06. The van der Waals surface area contributed by atoms with Gasteiger partial charge in [0, 0.05) is 0 Å². The number of hydrogen-bond donors (Lipinski definition) is 0. The van der Waals surface area contributed by atoms with Crippen molar-refractivity contribution < 1.29 is 0 Å². The van der Waals surface area contributed by atoms with Crippen LogP contribution in [0.1, 0.15) is 104 Å². The topological polar surface area (TPSA) is 24.7 Å². The molecule has 0 aliphatic carbocycles.